The van der Waals surface area contributed by atoms with Gasteiger partial charge in [0, 0.05) is 12.4 Å². The molecule has 0 saturated heterocycles. The quantitative estimate of drug-likeness (QED) is 0.564. The third kappa shape index (κ3) is 8.07. The highest BCUT2D eigenvalue weighted by atomic mass is 32.2. The van der Waals surface area contributed by atoms with Crippen LogP contribution in [-0.4, -0.2) is 44.7 Å². The van der Waals surface area contributed by atoms with Crippen LogP contribution in [0.25, 0.3) is 0 Å². The molecule has 4 nitrogen and oxygen atoms in total. The Morgan fingerprint density at radius 1 is 1.31 bits per heavy atom. The van der Waals surface area contributed by atoms with Gasteiger partial charge in [-0.15, -0.1) is 0 Å². The molecule has 2 N–H and O–H groups in total. The van der Waals surface area contributed by atoms with Gasteiger partial charge >= 0.3 is 0 Å². The molecule has 0 aliphatic carbocycles. The van der Waals surface area contributed by atoms with Gasteiger partial charge in [0.15, 0.2) is 0 Å². The van der Waals surface area contributed by atoms with Gasteiger partial charge in [-0.2, -0.15) is 0 Å². The fourth-order valence-electron chi connectivity index (χ4n) is 1.50. The summed E-state index contributed by atoms with van der Waals surface area (Å²) in [7, 11) is -2.82. The summed E-state index contributed by atoms with van der Waals surface area (Å²) in [6, 6.07) is 0. The molecule has 98 valence electrons. The fraction of sp³-hybridized carbons (Fsp3) is 1.00. The van der Waals surface area contributed by atoms with Crippen molar-refractivity contribution >= 4 is 9.84 Å². The zero-order chi connectivity index (χ0) is 12.4. The van der Waals surface area contributed by atoms with Crippen LogP contribution in [0.3, 0.4) is 0 Å². The van der Waals surface area contributed by atoms with E-state index in [2.05, 4.69) is 12.2 Å². The van der Waals surface area contributed by atoms with Gasteiger partial charge in [-0.1, -0.05) is 20.3 Å². The van der Waals surface area contributed by atoms with Crippen molar-refractivity contribution in [2.24, 2.45) is 5.92 Å². The monoisotopic (exact) mass is 251 g/mol. The van der Waals surface area contributed by atoms with E-state index in [1.54, 1.807) is 6.92 Å². The van der Waals surface area contributed by atoms with E-state index in [1.165, 1.54) is 0 Å². The highest BCUT2D eigenvalue weighted by Crippen LogP contribution is 2.05. The first-order valence-electron chi connectivity index (χ1n) is 6.07. The van der Waals surface area contributed by atoms with Crippen LogP contribution in [0.1, 0.15) is 33.1 Å². The second-order valence-electron chi connectivity index (χ2n) is 4.08. The average molecular weight is 251 g/mol. The van der Waals surface area contributed by atoms with Crippen molar-refractivity contribution in [1.29, 1.82) is 0 Å². The van der Waals surface area contributed by atoms with Crippen LogP contribution in [0.2, 0.25) is 0 Å². The van der Waals surface area contributed by atoms with Gasteiger partial charge in [0.2, 0.25) is 0 Å². The maximum atomic E-state index is 11.2. The summed E-state index contributed by atoms with van der Waals surface area (Å²) >= 11 is 0. The number of rotatable bonds is 10. The second-order valence-corrected chi connectivity index (χ2v) is 6.55. The molecule has 0 aromatic rings. The van der Waals surface area contributed by atoms with Crippen LogP contribution in [0.15, 0.2) is 0 Å². The van der Waals surface area contributed by atoms with E-state index in [-0.39, 0.29) is 18.1 Å². The summed E-state index contributed by atoms with van der Waals surface area (Å²) in [5.74, 6) is 0.996. The Morgan fingerprint density at radius 2 is 2.00 bits per heavy atom. The molecule has 0 amide bonds. The van der Waals surface area contributed by atoms with Crippen LogP contribution in [-0.2, 0) is 9.84 Å². The van der Waals surface area contributed by atoms with E-state index in [4.69, 9.17) is 5.11 Å². The number of sulfone groups is 1. The predicted molar refractivity (Wildman–Crippen MR) is 67.3 cm³/mol. The Morgan fingerprint density at radius 3 is 2.50 bits per heavy atom. The van der Waals surface area contributed by atoms with Crippen LogP contribution >= 0.6 is 0 Å². The lowest BCUT2D eigenvalue weighted by atomic mass is 10.0. The molecule has 0 aromatic carbocycles. The van der Waals surface area contributed by atoms with Gasteiger partial charge in [-0.3, -0.25) is 0 Å². The van der Waals surface area contributed by atoms with Gasteiger partial charge < -0.3 is 10.4 Å². The number of hydrogen-bond acceptors (Lipinski definition) is 4. The molecule has 0 spiro atoms. The number of aliphatic hydroxyl groups is 1. The maximum Gasteiger partial charge on any atom is 0.150 e. The zero-order valence-corrected chi connectivity index (χ0v) is 11.2. The average Bonchev–Trinajstić information content (AvgIpc) is 2.27. The number of aliphatic hydroxyl groups excluding tert-OH is 1. The van der Waals surface area contributed by atoms with Gasteiger partial charge in [-0.25, -0.2) is 8.42 Å². The van der Waals surface area contributed by atoms with Crippen molar-refractivity contribution in [2.75, 3.05) is 31.2 Å². The van der Waals surface area contributed by atoms with Crippen molar-refractivity contribution in [3.05, 3.63) is 0 Å². The molecule has 0 aliphatic rings. The van der Waals surface area contributed by atoms with E-state index in [0.717, 1.165) is 25.9 Å². The van der Waals surface area contributed by atoms with Crippen molar-refractivity contribution in [1.82, 2.24) is 5.32 Å². The Balaban J connectivity index is 3.52. The summed E-state index contributed by atoms with van der Waals surface area (Å²) < 4.78 is 22.4. The normalized spacial score (nSPS) is 13.9. The zero-order valence-electron chi connectivity index (χ0n) is 10.4. The lowest BCUT2D eigenvalue weighted by molar-refractivity contribution is 0.251. The van der Waals surface area contributed by atoms with Crippen LogP contribution in [0, 0.1) is 5.92 Å². The molecule has 0 rings (SSSR count). The summed E-state index contributed by atoms with van der Waals surface area (Å²) in [6.45, 7) is 5.61. The lowest BCUT2D eigenvalue weighted by Gasteiger charge is -2.14. The van der Waals surface area contributed by atoms with Crippen LogP contribution in [0.4, 0.5) is 0 Å². The summed E-state index contributed by atoms with van der Waals surface area (Å²) in [5.41, 5.74) is 0. The molecule has 1 unspecified atom stereocenters. The van der Waals surface area contributed by atoms with Gasteiger partial charge in [0.25, 0.3) is 0 Å². The minimum absolute atomic E-state index is 0.227. The third-order valence-corrected chi connectivity index (χ3v) is 4.59. The molecule has 0 bridgehead atoms. The van der Waals surface area contributed by atoms with Gasteiger partial charge in [-0.05, 0) is 31.8 Å². The molecule has 0 heterocycles. The van der Waals surface area contributed by atoms with E-state index in [1.807, 2.05) is 0 Å². The standard InChI is InChI=1S/C11H25NO3S/c1-3-11(6-8-13)10-12-7-5-9-16(14,15)4-2/h11-13H,3-10H2,1-2H3. The Labute approximate surface area is 99.4 Å². The molecular formula is C11H25NO3S. The Kier molecular flexibility index (Phi) is 8.89. The topological polar surface area (TPSA) is 66.4 Å². The largest absolute Gasteiger partial charge is 0.396 e. The Bertz CT molecular complexity index is 252. The predicted octanol–water partition coefficient (Wildman–Crippen LogP) is 0.809. The summed E-state index contributed by atoms with van der Waals surface area (Å²) in [4.78, 5) is 0. The van der Waals surface area contributed by atoms with E-state index in [0.29, 0.717) is 12.3 Å². The smallest absolute Gasteiger partial charge is 0.150 e. The van der Waals surface area contributed by atoms with E-state index in [9.17, 15) is 8.42 Å². The first kappa shape index (κ1) is 15.9. The number of nitrogens with one attached hydrogen (secondary N) is 1. The summed E-state index contributed by atoms with van der Waals surface area (Å²) in [5, 5.41) is 12.0. The molecule has 0 saturated carbocycles. The second kappa shape index (κ2) is 8.96. The Hall–Kier alpha value is -0.130. The number of hydrogen-bond donors (Lipinski definition) is 2. The summed E-state index contributed by atoms with van der Waals surface area (Å²) in [6.07, 6.45) is 2.53. The molecule has 0 aliphatic heterocycles. The minimum atomic E-state index is -2.82. The van der Waals surface area contributed by atoms with E-state index < -0.39 is 9.84 Å². The minimum Gasteiger partial charge on any atom is -0.396 e. The van der Waals surface area contributed by atoms with Gasteiger partial charge in [0.05, 0.1) is 5.75 Å². The highest BCUT2D eigenvalue weighted by molar-refractivity contribution is 7.91. The van der Waals surface area contributed by atoms with E-state index >= 15 is 0 Å². The fourth-order valence-corrected chi connectivity index (χ4v) is 2.37. The van der Waals surface area contributed by atoms with Crippen molar-refractivity contribution in [3.63, 3.8) is 0 Å². The van der Waals surface area contributed by atoms with Gasteiger partial charge in [0.1, 0.15) is 9.84 Å². The maximum absolute atomic E-state index is 11.2. The first-order valence-corrected chi connectivity index (χ1v) is 7.89. The SMILES string of the molecule is CCC(CCO)CNCCCS(=O)(=O)CC. The highest BCUT2D eigenvalue weighted by Gasteiger charge is 2.07. The molecule has 1 atom stereocenters. The molecule has 0 aromatic heterocycles. The van der Waals surface area contributed by atoms with Crippen LogP contribution in [0.5, 0.6) is 0 Å². The molecule has 0 fully saturated rings. The van der Waals surface area contributed by atoms with Crippen molar-refractivity contribution in [2.45, 2.75) is 33.1 Å². The molecular weight excluding hydrogens is 226 g/mol. The van der Waals surface area contributed by atoms with Crippen LogP contribution < -0.4 is 5.32 Å². The first-order chi connectivity index (χ1) is 7.55. The van der Waals surface area contributed by atoms with Crippen molar-refractivity contribution in [3.8, 4) is 0 Å². The van der Waals surface area contributed by atoms with Crippen molar-refractivity contribution < 1.29 is 13.5 Å². The molecule has 0 radical (unpaired) electrons. The third-order valence-electron chi connectivity index (χ3n) is 2.80. The lowest BCUT2D eigenvalue weighted by Crippen LogP contribution is -2.25. The molecule has 16 heavy (non-hydrogen) atoms. The molecule has 5 heteroatoms.